The molecule has 0 saturated carbocycles. The van der Waals surface area contributed by atoms with Crippen molar-refractivity contribution in [2.45, 2.75) is 50.4 Å². The molecule has 2 bridgehead atoms. The third-order valence-corrected chi connectivity index (χ3v) is 5.30. The molecule has 1 aromatic carbocycles. The molecule has 2 unspecified atom stereocenters. The van der Waals surface area contributed by atoms with Gasteiger partial charge in [-0.25, -0.2) is 0 Å². The Morgan fingerprint density at radius 1 is 1.00 bits per heavy atom. The van der Waals surface area contributed by atoms with E-state index < -0.39 is 0 Å². The third kappa shape index (κ3) is 3.40. The Kier molecular flexibility index (Phi) is 4.97. The van der Waals surface area contributed by atoms with Crippen LogP contribution in [0, 0.1) is 0 Å². The van der Waals surface area contributed by atoms with Gasteiger partial charge in [-0.2, -0.15) is 0 Å². The van der Waals surface area contributed by atoms with Gasteiger partial charge < -0.3 is 19.5 Å². The maximum Gasteiger partial charge on any atom is 0.130 e. The molecule has 2 aliphatic rings. The SMILES string of the molecule is COc1cc(OC)c(CN(C)C2CC3CCC(C2)N3)c(OC)c1. The van der Waals surface area contributed by atoms with E-state index in [0.717, 1.165) is 29.4 Å². The first kappa shape index (κ1) is 16.4. The Morgan fingerprint density at radius 2 is 1.57 bits per heavy atom. The lowest BCUT2D eigenvalue weighted by Gasteiger charge is -2.36. The highest BCUT2D eigenvalue weighted by molar-refractivity contribution is 5.50. The van der Waals surface area contributed by atoms with Gasteiger partial charge in [0.15, 0.2) is 0 Å². The highest BCUT2D eigenvalue weighted by Crippen LogP contribution is 2.36. The number of hydrogen-bond donors (Lipinski definition) is 1. The summed E-state index contributed by atoms with van der Waals surface area (Å²) >= 11 is 0. The number of nitrogens with zero attached hydrogens (tertiary/aromatic N) is 1. The van der Waals surface area contributed by atoms with Gasteiger partial charge >= 0.3 is 0 Å². The average molecular weight is 320 g/mol. The molecule has 2 aliphatic heterocycles. The molecule has 3 rings (SSSR count). The van der Waals surface area contributed by atoms with Crippen molar-refractivity contribution in [2.24, 2.45) is 0 Å². The van der Waals surface area contributed by atoms with Crippen LogP contribution in [0.15, 0.2) is 12.1 Å². The summed E-state index contributed by atoms with van der Waals surface area (Å²) in [6, 6.07) is 5.86. The fourth-order valence-corrected chi connectivity index (χ4v) is 4.00. The molecular formula is C18H28N2O3. The summed E-state index contributed by atoms with van der Waals surface area (Å²) in [6.45, 7) is 0.820. The van der Waals surface area contributed by atoms with Crippen LogP contribution in [0.5, 0.6) is 17.2 Å². The van der Waals surface area contributed by atoms with Gasteiger partial charge in [0, 0.05) is 36.8 Å². The molecule has 0 spiro atoms. The summed E-state index contributed by atoms with van der Waals surface area (Å²) in [5.41, 5.74) is 1.09. The van der Waals surface area contributed by atoms with E-state index in [9.17, 15) is 0 Å². The summed E-state index contributed by atoms with van der Waals surface area (Å²) in [7, 11) is 7.26. The molecule has 0 amide bonds. The highest BCUT2D eigenvalue weighted by Gasteiger charge is 2.35. The van der Waals surface area contributed by atoms with Crippen molar-refractivity contribution in [2.75, 3.05) is 28.4 Å². The van der Waals surface area contributed by atoms with Gasteiger partial charge in [-0.1, -0.05) is 0 Å². The van der Waals surface area contributed by atoms with Crippen LogP contribution in [0.3, 0.4) is 0 Å². The number of nitrogens with one attached hydrogen (secondary N) is 1. The average Bonchev–Trinajstić information content (AvgIpc) is 2.92. The predicted octanol–water partition coefficient (Wildman–Crippen LogP) is 2.43. The molecule has 0 radical (unpaired) electrons. The van der Waals surface area contributed by atoms with Crippen LogP contribution in [0.4, 0.5) is 0 Å². The lowest BCUT2D eigenvalue weighted by atomic mass is 9.98. The lowest BCUT2D eigenvalue weighted by Crippen LogP contribution is -2.46. The Morgan fingerprint density at radius 3 is 2.04 bits per heavy atom. The van der Waals surface area contributed by atoms with Crippen molar-refractivity contribution in [3.05, 3.63) is 17.7 Å². The van der Waals surface area contributed by atoms with Crippen LogP contribution < -0.4 is 19.5 Å². The second-order valence-electron chi connectivity index (χ2n) is 6.69. The molecule has 23 heavy (non-hydrogen) atoms. The third-order valence-electron chi connectivity index (χ3n) is 5.30. The second-order valence-corrected chi connectivity index (χ2v) is 6.69. The molecule has 0 aromatic heterocycles. The highest BCUT2D eigenvalue weighted by atomic mass is 16.5. The smallest absolute Gasteiger partial charge is 0.130 e. The Hall–Kier alpha value is -1.46. The van der Waals surface area contributed by atoms with E-state index in [2.05, 4.69) is 17.3 Å². The molecule has 1 N–H and O–H groups in total. The molecule has 1 aromatic rings. The number of piperidine rings is 1. The predicted molar refractivity (Wildman–Crippen MR) is 90.5 cm³/mol. The van der Waals surface area contributed by atoms with E-state index in [-0.39, 0.29) is 0 Å². The van der Waals surface area contributed by atoms with E-state index in [1.807, 2.05) is 12.1 Å². The molecule has 5 nitrogen and oxygen atoms in total. The zero-order valence-corrected chi connectivity index (χ0v) is 14.6. The fraction of sp³-hybridized carbons (Fsp3) is 0.667. The first-order chi connectivity index (χ1) is 11.1. The number of fused-ring (bicyclic) bond motifs is 2. The van der Waals surface area contributed by atoms with Crippen molar-refractivity contribution in [1.82, 2.24) is 10.2 Å². The maximum absolute atomic E-state index is 5.57. The second kappa shape index (κ2) is 6.97. The van der Waals surface area contributed by atoms with Crippen molar-refractivity contribution in [1.29, 1.82) is 0 Å². The maximum atomic E-state index is 5.57. The summed E-state index contributed by atoms with van der Waals surface area (Å²) in [5, 5.41) is 3.71. The first-order valence-electron chi connectivity index (χ1n) is 8.39. The number of ether oxygens (including phenoxy) is 3. The van der Waals surface area contributed by atoms with Gasteiger partial charge in [-0.3, -0.25) is 4.90 Å². The van der Waals surface area contributed by atoms with Crippen molar-refractivity contribution < 1.29 is 14.2 Å². The molecular weight excluding hydrogens is 292 g/mol. The molecule has 2 saturated heterocycles. The molecule has 2 heterocycles. The summed E-state index contributed by atoms with van der Waals surface area (Å²) in [4.78, 5) is 2.44. The number of benzene rings is 1. The van der Waals surface area contributed by atoms with Crippen LogP contribution in [-0.2, 0) is 6.54 Å². The van der Waals surface area contributed by atoms with Gasteiger partial charge in [0.25, 0.3) is 0 Å². The lowest BCUT2D eigenvalue weighted by molar-refractivity contribution is 0.163. The van der Waals surface area contributed by atoms with Crippen LogP contribution in [-0.4, -0.2) is 51.4 Å². The van der Waals surface area contributed by atoms with Gasteiger partial charge in [0.05, 0.1) is 26.9 Å². The van der Waals surface area contributed by atoms with Gasteiger partial charge in [0.1, 0.15) is 17.2 Å². The first-order valence-corrected chi connectivity index (χ1v) is 8.39. The molecule has 2 fully saturated rings. The van der Waals surface area contributed by atoms with Crippen LogP contribution in [0.2, 0.25) is 0 Å². The van der Waals surface area contributed by atoms with E-state index in [4.69, 9.17) is 14.2 Å². The topological polar surface area (TPSA) is 43.0 Å². The minimum atomic E-state index is 0.616. The zero-order chi connectivity index (χ0) is 16.4. The van der Waals surface area contributed by atoms with Gasteiger partial charge in [0.2, 0.25) is 0 Å². The van der Waals surface area contributed by atoms with Crippen LogP contribution >= 0.6 is 0 Å². The summed E-state index contributed by atoms with van der Waals surface area (Å²) < 4.78 is 16.5. The van der Waals surface area contributed by atoms with Crippen LogP contribution in [0.1, 0.15) is 31.2 Å². The largest absolute Gasteiger partial charge is 0.496 e. The number of methoxy groups -OCH3 is 3. The van der Waals surface area contributed by atoms with Gasteiger partial charge in [-0.05, 0) is 32.7 Å². The summed E-state index contributed by atoms with van der Waals surface area (Å²) in [5.74, 6) is 2.40. The monoisotopic (exact) mass is 320 g/mol. The van der Waals surface area contributed by atoms with E-state index >= 15 is 0 Å². The normalized spacial score (nSPS) is 26.4. The van der Waals surface area contributed by atoms with Crippen molar-refractivity contribution in [3.63, 3.8) is 0 Å². The van der Waals surface area contributed by atoms with Crippen molar-refractivity contribution in [3.8, 4) is 17.2 Å². The Bertz CT molecular complexity index is 512. The summed E-state index contributed by atoms with van der Waals surface area (Å²) in [6.07, 6.45) is 5.11. The minimum absolute atomic E-state index is 0.616. The minimum Gasteiger partial charge on any atom is -0.496 e. The Labute approximate surface area is 138 Å². The van der Waals surface area contributed by atoms with E-state index in [0.29, 0.717) is 18.1 Å². The standard InChI is InChI=1S/C18H28N2O3/c1-20(14-7-12-5-6-13(8-14)19-12)11-16-17(22-3)9-15(21-2)10-18(16)23-4/h9-10,12-14,19H,5-8,11H2,1-4H3. The Balaban J connectivity index is 1.78. The molecule has 128 valence electrons. The number of hydrogen-bond acceptors (Lipinski definition) is 5. The molecule has 0 aliphatic carbocycles. The number of rotatable bonds is 6. The van der Waals surface area contributed by atoms with Crippen LogP contribution in [0.25, 0.3) is 0 Å². The van der Waals surface area contributed by atoms with E-state index in [1.54, 1.807) is 21.3 Å². The van der Waals surface area contributed by atoms with E-state index in [1.165, 1.54) is 25.7 Å². The fourth-order valence-electron chi connectivity index (χ4n) is 4.00. The molecule has 2 atom stereocenters. The molecule has 5 heteroatoms. The zero-order valence-electron chi connectivity index (χ0n) is 14.6. The quantitative estimate of drug-likeness (QED) is 0.872. The van der Waals surface area contributed by atoms with Crippen molar-refractivity contribution >= 4 is 0 Å². The van der Waals surface area contributed by atoms with Gasteiger partial charge in [-0.15, -0.1) is 0 Å².